The van der Waals surface area contributed by atoms with E-state index in [1.54, 1.807) is 0 Å². The lowest BCUT2D eigenvalue weighted by Gasteiger charge is -2.34. The monoisotopic (exact) mass is 322 g/mol. The summed E-state index contributed by atoms with van der Waals surface area (Å²) in [6.45, 7) is 1.52. The van der Waals surface area contributed by atoms with E-state index in [0.717, 1.165) is 6.42 Å². The summed E-state index contributed by atoms with van der Waals surface area (Å²) in [6.07, 6.45) is -8.05. The molecule has 2 nitrogen and oxygen atoms in total. The Morgan fingerprint density at radius 1 is 0.905 bits per heavy atom. The molecule has 0 heterocycles. The van der Waals surface area contributed by atoms with Crippen molar-refractivity contribution >= 4 is 0 Å². The van der Waals surface area contributed by atoms with E-state index in [2.05, 4.69) is 0 Å². The highest BCUT2D eigenvalue weighted by Crippen LogP contribution is 2.31. The van der Waals surface area contributed by atoms with Gasteiger partial charge in [0.1, 0.15) is 6.04 Å². The molecule has 2 atom stereocenters. The summed E-state index contributed by atoms with van der Waals surface area (Å²) in [7, 11) is 0. The van der Waals surface area contributed by atoms with Crippen molar-refractivity contribution in [3.05, 3.63) is 0 Å². The number of hydrogen-bond donors (Lipinski definition) is 1. The van der Waals surface area contributed by atoms with Crippen molar-refractivity contribution < 1.29 is 26.3 Å². The number of nitrogens with two attached hydrogens (primary N) is 1. The molecular weight excluding hydrogens is 298 g/mol. The van der Waals surface area contributed by atoms with Crippen molar-refractivity contribution in [1.82, 2.24) is 4.90 Å². The van der Waals surface area contributed by atoms with Crippen LogP contribution < -0.4 is 5.73 Å². The number of rotatable bonds is 9. The SMILES string of the molecule is CCCC(N)CCN(CC(F)(F)F)C(CCC)C(F)(F)F. The zero-order valence-corrected chi connectivity index (χ0v) is 12.4. The molecule has 128 valence electrons. The van der Waals surface area contributed by atoms with E-state index >= 15 is 0 Å². The molecule has 8 heteroatoms. The summed E-state index contributed by atoms with van der Waals surface area (Å²) in [5, 5.41) is 0. The molecule has 0 saturated heterocycles. The predicted molar refractivity (Wildman–Crippen MR) is 69.9 cm³/mol. The Kier molecular flexibility index (Phi) is 8.61. The van der Waals surface area contributed by atoms with Gasteiger partial charge >= 0.3 is 12.4 Å². The molecule has 21 heavy (non-hydrogen) atoms. The van der Waals surface area contributed by atoms with Crippen molar-refractivity contribution in [3.63, 3.8) is 0 Å². The highest BCUT2D eigenvalue weighted by molar-refractivity contribution is 4.81. The topological polar surface area (TPSA) is 29.3 Å². The molecule has 0 aliphatic heterocycles. The molecule has 2 N–H and O–H groups in total. The lowest BCUT2D eigenvalue weighted by atomic mass is 10.1. The maximum atomic E-state index is 13.0. The van der Waals surface area contributed by atoms with E-state index in [0.29, 0.717) is 11.3 Å². The minimum absolute atomic E-state index is 0.125. The van der Waals surface area contributed by atoms with Crippen molar-refractivity contribution in [3.8, 4) is 0 Å². The van der Waals surface area contributed by atoms with E-state index < -0.39 is 24.9 Å². The van der Waals surface area contributed by atoms with Gasteiger partial charge in [0.05, 0.1) is 6.54 Å². The Labute approximate surface area is 121 Å². The van der Waals surface area contributed by atoms with Gasteiger partial charge in [-0.05, 0) is 19.3 Å². The molecule has 0 amide bonds. The summed E-state index contributed by atoms with van der Waals surface area (Å²) in [4.78, 5) is 0.471. The van der Waals surface area contributed by atoms with Gasteiger partial charge in [0.25, 0.3) is 0 Å². The van der Waals surface area contributed by atoms with Crippen LogP contribution in [0.25, 0.3) is 0 Å². The largest absolute Gasteiger partial charge is 0.404 e. The van der Waals surface area contributed by atoms with Crippen molar-refractivity contribution in [2.45, 2.75) is 70.4 Å². The second-order valence-electron chi connectivity index (χ2n) is 5.27. The van der Waals surface area contributed by atoms with Crippen LogP contribution in [0.4, 0.5) is 26.3 Å². The van der Waals surface area contributed by atoms with Crippen LogP contribution in [0.15, 0.2) is 0 Å². The molecule has 0 radical (unpaired) electrons. The van der Waals surface area contributed by atoms with Gasteiger partial charge in [-0.3, -0.25) is 4.90 Å². The van der Waals surface area contributed by atoms with E-state index in [9.17, 15) is 26.3 Å². The number of alkyl halides is 6. The molecule has 0 bridgehead atoms. The third-order valence-electron chi connectivity index (χ3n) is 3.21. The van der Waals surface area contributed by atoms with Crippen LogP contribution in [-0.4, -0.2) is 42.4 Å². The van der Waals surface area contributed by atoms with Crippen LogP contribution >= 0.6 is 0 Å². The summed E-state index contributed by atoms with van der Waals surface area (Å²) in [6, 6.07) is -2.45. The summed E-state index contributed by atoms with van der Waals surface area (Å²) in [5.41, 5.74) is 5.69. The standard InChI is InChI=1S/C13H24F6N2/c1-3-5-10(20)7-8-21(9-12(14,15)16)11(6-4-2)13(17,18)19/h10-11H,3-9,20H2,1-2H3. The van der Waals surface area contributed by atoms with Crippen LogP contribution in [0.1, 0.15) is 46.0 Å². The van der Waals surface area contributed by atoms with Crippen LogP contribution in [-0.2, 0) is 0 Å². The van der Waals surface area contributed by atoms with Gasteiger partial charge in [0.15, 0.2) is 0 Å². The number of halogens is 6. The van der Waals surface area contributed by atoms with E-state index in [4.69, 9.17) is 5.73 Å². The Balaban J connectivity index is 4.92. The molecule has 0 aliphatic carbocycles. The van der Waals surface area contributed by atoms with Gasteiger partial charge in [-0.15, -0.1) is 0 Å². The fraction of sp³-hybridized carbons (Fsp3) is 1.00. The average molecular weight is 322 g/mol. The third-order valence-corrected chi connectivity index (χ3v) is 3.21. The van der Waals surface area contributed by atoms with Crippen LogP contribution in [0.5, 0.6) is 0 Å². The lowest BCUT2D eigenvalue weighted by Crippen LogP contribution is -2.50. The van der Waals surface area contributed by atoms with E-state index in [-0.39, 0.29) is 31.8 Å². The first-order valence-electron chi connectivity index (χ1n) is 7.14. The number of hydrogen-bond acceptors (Lipinski definition) is 2. The molecule has 0 aromatic heterocycles. The van der Waals surface area contributed by atoms with Gasteiger partial charge in [-0.1, -0.05) is 26.7 Å². The molecule has 0 aliphatic rings. The minimum atomic E-state index is -4.67. The highest BCUT2D eigenvalue weighted by atomic mass is 19.4. The Bertz CT molecular complexity index is 277. The maximum absolute atomic E-state index is 13.0. The smallest absolute Gasteiger partial charge is 0.328 e. The second kappa shape index (κ2) is 8.82. The van der Waals surface area contributed by atoms with Crippen LogP contribution in [0.3, 0.4) is 0 Å². The number of nitrogens with zero attached hydrogens (tertiary/aromatic N) is 1. The molecule has 0 fully saturated rings. The van der Waals surface area contributed by atoms with Gasteiger partial charge < -0.3 is 5.73 Å². The zero-order valence-electron chi connectivity index (χ0n) is 12.4. The fourth-order valence-corrected chi connectivity index (χ4v) is 2.25. The van der Waals surface area contributed by atoms with Crippen LogP contribution in [0, 0.1) is 0 Å². The minimum Gasteiger partial charge on any atom is -0.328 e. The third kappa shape index (κ3) is 9.18. The van der Waals surface area contributed by atoms with Gasteiger partial charge in [0, 0.05) is 12.6 Å². The molecule has 0 aromatic rings. The van der Waals surface area contributed by atoms with Crippen molar-refractivity contribution in [1.29, 1.82) is 0 Å². The van der Waals surface area contributed by atoms with Crippen molar-refractivity contribution in [2.75, 3.05) is 13.1 Å². The molecule has 0 saturated carbocycles. The average Bonchev–Trinajstić information content (AvgIpc) is 2.29. The lowest BCUT2D eigenvalue weighted by molar-refractivity contribution is -0.211. The molecular formula is C13H24F6N2. The Hall–Kier alpha value is -0.500. The van der Waals surface area contributed by atoms with E-state index in [1.807, 2.05) is 6.92 Å². The predicted octanol–water partition coefficient (Wildman–Crippen LogP) is 4.10. The molecule has 0 spiro atoms. The second-order valence-corrected chi connectivity index (χ2v) is 5.27. The van der Waals surface area contributed by atoms with E-state index in [1.165, 1.54) is 6.92 Å². The summed E-state index contributed by atoms with van der Waals surface area (Å²) in [5.74, 6) is 0. The highest BCUT2D eigenvalue weighted by Gasteiger charge is 2.45. The summed E-state index contributed by atoms with van der Waals surface area (Å²) >= 11 is 0. The summed E-state index contributed by atoms with van der Waals surface area (Å²) < 4.78 is 76.5. The van der Waals surface area contributed by atoms with Crippen LogP contribution in [0.2, 0.25) is 0 Å². The van der Waals surface area contributed by atoms with Gasteiger partial charge in [-0.2, -0.15) is 26.3 Å². The van der Waals surface area contributed by atoms with Gasteiger partial charge in [-0.25, -0.2) is 0 Å². The molecule has 0 aromatic carbocycles. The quantitative estimate of drug-likeness (QED) is 0.648. The zero-order chi connectivity index (χ0) is 16.7. The Morgan fingerprint density at radius 3 is 1.81 bits per heavy atom. The fourth-order valence-electron chi connectivity index (χ4n) is 2.25. The Morgan fingerprint density at radius 2 is 1.43 bits per heavy atom. The van der Waals surface area contributed by atoms with Gasteiger partial charge in [0.2, 0.25) is 0 Å². The first-order chi connectivity index (χ1) is 9.51. The molecule has 0 rings (SSSR count). The molecule has 2 unspecified atom stereocenters. The first kappa shape index (κ1) is 20.5. The maximum Gasteiger partial charge on any atom is 0.404 e. The first-order valence-corrected chi connectivity index (χ1v) is 7.14. The normalized spacial score (nSPS) is 16.3. The van der Waals surface area contributed by atoms with Crippen molar-refractivity contribution in [2.24, 2.45) is 5.73 Å².